The predicted molar refractivity (Wildman–Crippen MR) is 130 cm³/mol. The van der Waals surface area contributed by atoms with Gasteiger partial charge in [0.2, 0.25) is 11.7 Å². The lowest BCUT2D eigenvalue weighted by Crippen LogP contribution is -2.51. The summed E-state index contributed by atoms with van der Waals surface area (Å²) in [6.45, 7) is 5.02. The SMILES string of the molecule is CC[C@H](C(=O)NC(C)C)N(Cc1c(Cl)cccc1Cl)C(=O)COc1ccc([N+](=O)[O-])c(OC)c1. The Labute approximate surface area is 208 Å². The molecule has 0 heterocycles. The van der Waals surface area contributed by atoms with Crippen molar-refractivity contribution >= 4 is 40.7 Å². The van der Waals surface area contributed by atoms with Crippen molar-refractivity contribution in [3.05, 3.63) is 62.1 Å². The summed E-state index contributed by atoms with van der Waals surface area (Å²) in [5.41, 5.74) is 0.277. The Morgan fingerprint density at radius 1 is 1.18 bits per heavy atom. The maximum absolute atomic E-state index is 13.3. The normalized spacial score (nSPS) is 11.6. The Morgan fingerprint density at radius 2 is 1.82 bits per heavy atom. The molecule has 1 atom stereocenters. The number of hydrogen-bond donors (Lipinski definition) is 1. The van der Waals surface area contributed by atoms with E-state index in [1.807, 2.05) is 13.8 Å². The zero-order valence-electron chi connectivity index (χ0n) is 19.3. The number of methoxy groups -OCH3 is 1. The first-order valence-corrected chi connectivity index (χ1v) is 11.3. The standard InChI is InChI=1S/C23H27Cl2N3O6/c1-5-19(23(30)26-14(2)3)27(12-16-17(24)7-6-8-18(16)25)22(29)13-34-15-9-10-20(28(31)32)21(11-15)33-4/h6-11,14,19H,5,12-13H2,1-4H3,(H,26,30)/t19-/m1/s1. The summed E-state index contributed by atoms with van der Waals surface area (Å²) in [4.78, 5) is 38.0. The van der Waals surface area contributed by atoms with Crippen LogP contribution in [0.15, 0.2) is 36.4 Å². The number of ether oxygens (including phenoxy) is 2. The molecule has 0 fully saturated rings. The molecule has 0 aliphatic rings. The van der Waals surface area contributed by atoms with Gasteiger partial charge in [0.15, 0.2) is 6.61 Å². The van der Waals surface area contributed by atoms with Gasteiger partial charge in [0.1, 0.15) is 11.8 Å². The Kier molecular flexibility index (Phi) is 9.95. The van der Waals surface area contributed by atoms with Gasteiger partial charge in [0, 0.05) is 40.3 Å². The summed E-state index contributed by atoms with van der Waals surface area (Å²) in [5.74, 6) is -0.603. The summed E-state index contributed by atoms with van der Waals surface area (Å²) in [6.07, 6.45) is 0.345. The van der Waals surface area contributed by atoms with Gasteiger partial charge in [-0.15, -0.1) is 0 Å². The fourth-order valence-corrected chi connectivity index (χ4v) is 3.80. The van der Waals surface area contributed by atoms with Crippen molar-refractivity contribution in [2.24, 2.45) is 0 Å². The average molecular weight is 512 g/mol. The van der Waals surface area contributed by atoms with Crippen molar-refractivity contribution < 1.29 is 24.0 Å². The molecule has 2 rings (SSSR count). The largest absolute Gasteiger partial charge is 0.490 e. The van der Waals surface area contributed by atoms with Crippen molar-refractivity contribution in [2.45, 2.75) is 45.8 Å². The summed E-state index contributed by atoms with van der Waals surface area (Å²) in [6, 6.07) is 8.00. The summed E-state index contributed by atoms with van der Waals surface area (Å²) < 4.78 is 10.6. The average Bonchev–Trinajstić information content (AvgIpc) is 2.78. The van der Waals surface area contributed by atoms with E-state index in [9.17, 15) is 19.7 Å². The number of nitrogens with zero attached hydrogens (tertiary/aromatic N) is 2. The number of hydrogen-bond acceptors (Lipinski definition) is 6. The molecule has 0 aromatic heterocycles. The zero-order chi connectivity index (χ0) is 25.4. The molecule has 1 N–H and O–H groups in total. The van der Waals surface area contributed by atoms with E-state index in [4.69, 9.17) is 32.7 Å². The third-order valence-electron chi connectivity index (χ3n) is 4.92. The number of rotatable bonds is 11. The smallest absolute Gasteiger partial charge is 0.311 e. The molecule has 0 saturated carbocycles. The molecule has 0 saturated heterocycles. The van der Waals surface area contributed by atoms with Crippen molar-refractivity contribution in [3.8, 4) is 11.5 Å². The molecule has 34 heavy (non-hydrogen) atoms. The molecule has 9 nitrogen and oxygen atoms in total. The Balaban J connectivity index is 2.31. The van der Waals surface area contributed by atoms with Crippen molar-refractivity contribution in [1.82, 2.24) is 10.2 Å². The van der Waals surface area contributed by atoms with E-state index in [1.165, 1.54) is 30.2 Å². The summed E-state index contributed by atoms with van der Waals surface area (Å²) >= 11 is 12.6. The van der Waals surface area contributed by atoms with Crippen molar-refractivity contribution in [1.29, 1.82) is 0 Å². The van der Waals surface area contributed by atoms with Crippen LogP contribution in [0.5, 0.6) is 11.5 Å². The van der Waals surface area contributed by atoms with Crippen LogP contribution in [0.3, 0.4) is 0 Å². The molecule has 0 bridgehead atoms. The van der Waals surface area contributed by atoms with Crippen LogP contribution in [0.2, 0.25) is 10.0 Å². The van der Waals surface area contributed by atoms with E-state index in [-0.39, 0.29) is 35.7 Å². The second-order valence-electron chi connectivity index (χ2n) is 7.69. The van der Waals surface area contributed by atoms with Gasteiger partial charge in [0.25, 0.3) is 5.91 Å². The minimum absolute atomic E-state index is 0.00241. The lowest BCUT2D eigenvalue weighted by atomic mass is 10.1. The highest BCUT2D eigenvalue weighted by atomic mass is 35.5. The number of benzene rings is 2. The number of halogens is 2. The molecule has 2 aromatic carbocycles. The van der Waals surface area contributed by atoms with E-state index in [0.717, 1.165) is 0 Å². The van der Waals surface area contributed by atoms with Crippen LogP contribution in [-0.4, -0.2) is 47.4 Å². The van der Waals surface area contributed by atoms with Crippen LogP contribution >= 0.6 is 23.2 Å². The van der Waals surface area contributed by atoms with Crippen molar-refractivity contribution in [3.63, 3.8) is 0 Å². The Hall–Kier alpha value is -3.04. The quantitative estimate of drug-likeness (QED) is 0.348. The molecular weight excluding hydrogens is 485 g/mol. The number of nitro benzene ring substituents is 1. The minimum Gasteiger partial charge on any atom is -0.490 e. The molecule has 2 amide bonds. The molecule has 0 radical (unpaired) electrons. The molecule has 2 aromatic rings. The molecule has 0 aliphatic carbocycles. The number of carbonyl (C=O) groups excluding carboxylic acids is 2. The number of amides is 2. The van der Waals surface area contributed by atoms with Crippen LogP contribution < -0.4 is 14.8 Å². The fraction of sp³-hybridized carbons (Fsp3) is 0.391. The minimum atomic E-state index is -0.794. The van der Waals surface area contributed by atoms with Gasteiger partial charge in [-0.3, -0.25) is 19.7 Å². The predicted octanol–water partition coefficient (Wildman–Crippen LogP) is 4.62. The van der Waals surface area contributed by atoms with Gasteiger partial charge in [-0.1, -0.05) is 36.2 Å². The van der Waals surface area contributed by atoms with Gasteiger partial charge in [-0.25, -0.2) is 0 Å². The summed E-state index contributed by atoms with van der Waals surface area (Å²) in [5, 5.41) is 14.7. The summed E-state index contributed by atoms with van der Waals surface area (Å²) in [7, 11) is 1.30. The number of nitrogens with one attached hydrogen (secondary N) is 1. The molecule has 11 heteroatoms. The fourth-order valence-electron chi connectivity index (χ4n) is 3.28. The lowest BCUT2D eigenvalue weighted by molar-refractivity contribution is -0.385. The maximum atomic E-state index is 13.3. The third kappa shape index (κ3) is 6.98. The highest BCUT2D eigenvalue weighted by Gasteiger charge is 2.30. The number of nitro groups is 1. The molecule has 0 aliphatic heterocycles. The molecular formula is C23H27Cl2N3O6. The van der Waals surface area contributed by atoms with E-state index in [2.05, 4.69) is 5.32 Å². The van der Waals surface area contributed by atoms with E-state index >= 15 is 0 Å². The zero-order valence-corrected chi connectivity index (χ0v) is 20.9. The second kappa shape index (κ2) is 12.4. The van der Waals surface area contributed by atoms with Gasteiger partial charge in [-0.05, 0) is 38.5 Å². The van der Waals surface area contributed by atoms with E-state index in [1.54, 1.807) is 25.1 Å². The first kappa shape index (κ1) is 27.2. The van der Waals surface area contributed by atoms with E-state index in [0.29, 0.717) is 22.0 Å². The molecule has 0 spiro atoms. The first-order chi connectivity index (χ1) is 16.1. The topological polar surface area (TPSA) is 111 Å². The van der Waals surface area contributed by atoms with Crippen molar-refractivity contribution in [2.75, 3.05) is 13.7 Å². The third-order valence-corrected chi connectivity index (χ3v) is 5.63. The Bertz CT molecular complexity index is 1030. The monoisotopic (exact) mass is 511 g/mol. The van der Waals surface area contributed by atoms with Crippen LogP contribution in [0.4, 0.5) is 5.69 Å². The highest BCUT2D eigenvalue weighted by molar-refractivity contribution is 6.36. The molecule has 0 unspecified atom stereocenters. The second-order valence-corrected chi connectivity index (χ2v) is 8.50. The lowest BCUT2D eigenvalue weighted by Gasteiger charge is -2.31. The highest BCUT2D eigenvalue weighted by Crippen LogP contribution is 2.31. The maximum Gasteiger partial charge on any atom is 0.311 e. The van der Waals surface area contributed by atoms with E-state index < -0.39 is 23.5 Å². The first-order valence-electron chi connectivity index (χ1n) is 10.6. The Morgan fingerprint density at radius 3 is 2.35 bits per heavy atom. The van der Waals surface area contributed by atoms with Crippen LogP contribution in [0.25, 0.3) is 0 Å². The van der Waals surface area contributed by atoms with Crippen LogP contribution in [0.1, 0.15) is 32.8 Å². The van der Waals surface area contributed by atoms with Crippen LogP contribution in [0, 0.1) is 10.1 Å². The van der Waals surface area contributed by atoms with Crippen LogP contribution in [-0.2, 0) is 16.1 Å². The van der Waals surface area contributed by atoms with Gasteiger partial charge in [0.05, 0.1) is 12.0 Å². The molecule has 184 valence electrons. The van der Waals surface area contributed by atoms with Gasteiger partial charge in [-0.2, -0.15) is 0 Å². The van der Waals surface area contributed by atoms with Gasteiger partial charge < -0.3 is 19.7 Å². The van der Waals surface area contributed by atoms with Gasteiger partial charge >= 0.3 is 5.69 Å². The number of carbonyl (C=O) groups is 2.